The van der Waals surface area contributed by atoms with Crippen molar-refractivity contribution in [2.75, 3.05) is 0 Å². The first-order valence-electron chi connectivity index (χ1n) is 9.07. The van der Waals surface area contributed by atoms with Gasteiger partial charge in [-0.1, -0.05) is 42.3 Å². The average Bonchev–Trinajstić information content (AvgIpc) is 2.88. The van der Waals surface area contributed by atoms with Gasteiger partial charge in [0.15, 0.2) is 0 Å². The molecule has 0 unspecified atom stereocenters. The van der Waals surface area contributed by atoms with Crippen LogP contribution in [-0.2, 0) is 22.0 Å². The molecule has 3 nitrogen and oxygen atoms in total. The Hall–Kier alpha value is -1.91. The lowest BCUT2D eigenvalue weighted by Gasteiger charge is -2.27. The van der Waals surface area contributed by atoms with Crippen LogP contribution in [0.1, 0.15) is 56.4 Å². The lowest BCUT2D eigenvalue weighted by molar-refractivity contribution is 0.472. The molecule has 0 saturated heterocycles. The number of sulfonamides is 1. The molecule has 2 aromatic rings. The van der Waals surface area contributed by atoms with E-state index < -0.39 is 15.6 Å². The summed E-state index contributed by atoms with van der Waals surface area (Å²) in [6.07, 6.45) is 1.99. The van der Waals surface area contributed by atoms with Crippen LogP contribution in [0.2, 0.25) is 0 Å². The highest BCUT2D eigenvalue weighted by molar-refractivity contribution is 7.89. The van der Waals surface area contributed by atoms with Crippen molar-refractivity contribution in [2.45, 2.75) is 57.9 Å². The van der Waals surface area contributed by atoms with Gasteiger partial charge in [-0.3, -0.25) is 0 Å². The van der Waals surface area contributed by atoms with Crippen molar-refractivity contribution in [1.29, 1.82) is 0 Å². The Morgan fingerprint density at radius 1 is 1.04 bits per heavy atom. The highest BCUT2D eigenvalue weighted by atomic mass is 32.2. The zero-order chi connectivity index (χ0) is 19.1. The van der Waals surface area contributed by atoms with E-state index in [9.17, 15) is 8.42 Å². The van der Waals surface area contributed by atoms with E-state index in [4.69, 9.17) is 0 Å². The fourth-order valence-electron chi connectivity index (χ4n) is 3.69. The highest BCUT2D eigenvalue weighted by Crippen LogP contribution is 2.37. The molecule has 0 radical (unpaired) electrons. The predicted molar refractivity (Wildman–Crippen MR) is 108 cm³/mol. The van der Waals surface area contributed by atoms with E-state index in [0.29, 0.717) is 4.90 Å². The summed E-state index contributed by atoms with van der Waals surface area (Å²) in [7, 11) is -3.59. The summed E-state index contributed by atoms with van der Waals surface area (Å²) in [5.74, 6) is 0. The molecule has 2 aromatic carbocycles. The molecule has 0 bridgehead atoms. The van der Waals surface area contributed by atoms with E-state index in [1.165, 1.54) is 22.3 Å². The number of fused-ring (bicyclic) bond motifs is 1. The molecule has 1 N–H and O–H groups in total. The van der Waals surface area contributed by atoms with Crippen LogP contribution in [0.4, 0.5) is 0 Å². The van der Waals surface area contributed by atoms with Crippen molar-refractivity contribution in [2.24, 2.45) is 0 Å². The molecule has 26 heavy (non-hydrogen) atoms. The van der Waals surface area contributed by atoms with Gasteiger partial charge in [-0.05, 0) is 81.0 Å². The minimum absolute atomic E-state index is 0.294. The monoisotopic (exact) mass is 369 g/mol. The summed E-state index contributed by atoms with van der Waals surface area (Å²) in [5, 5.41) is 0. The largest absolute Gasteiger partial charge is 0.241 e. The highest BCUT2D eigenvalue weighted by Gasteiger charge is 2.29. The van der Waals surface area contributed by atoms with Crippen LogP contribution in [0.15, 0.2) is 52.9 Å². The quantitative estimate of drug-likeness (QED) is 0.811. The maximum absolute atomic E-state index is 12.8. The van der Waals surface area contributed by atoms with Gasteiger partial charge in [-0.25, -0.2) is 13.1 Å². The van der Waals surface area contributed by atoms with Crippen molar-refractivity contribution in [3.8, 4) is 0 Å². The molecule has 0 heterocycles. The Balaban J connectivity index is 1.94. The topological polar surface area (TPSA) is 46.2 Å². The van der Waals surface area contributed by atoms with Crippen LogP contribution in [0.5, 0.6) is 0 Å². The van der Waals surface area contributed by atoms with Gasteiger partial charge in [0.25, 0.3) is 0 Å². The second-order valence-corrected chi connectivity index (χ2v) is 9.39. The number of rotatable bonds is 5. The number of hydrogen-bond donors (Lipinski definition) is 1. The third-order valence-corrected chi connectivity index (χ3v) is 6.87. The fourth-order valence-corrected chi connectivity index (χ4v) is 5.09. The van der Waals surface area contributed by atoms with Gasteiger partial charge >= 0.3 is 0 Å². The van der Waals surface area contributed by atoms with Crippen molar-refractivity contribution >= 4 is 15.6 Å². The second kappa shape index (κ2) is 6.67. The molecule has 3 rings (SSSR count). The first-order chi connectivity index (χ1) is 12.1. The van der Waals surface area contributed by atoms with Gasteiger partial charge in [0.2, 0.25) is 10.0 Å². The van der Waals surface area contributed by atoms with Gasteiger partial charge in [-0.15, -0.1) is 0 Å². The van der Waals surface area contributed by atoms with Crippen LogP contribution >= 0.6 is 0 Å². The summed E-state index contributed by atoms with van der Waals surface area (Å²) in [4.78, 5) is 0.294. The fraction of sp³-hybridized carbons (Fsp3) is 0.364. The summed E-state index contributed by atoms with van der Waals surface area (Å²) in [6, 6.07) is 13.3. The molecule has 138 valence electrons. The second-order valence-electron chi connectivity index (χ2n) is 7.70. The van der Waals surface area contributed by atoms with E-state index in [1.807, 2.05) is 39.0 Å². The predicted octanol–water partition coefficient (Wildman–Crippen LogP) is 4.95. The summed E-state index contributed by atoms with van der Waals surface area (Å²) >= 11 is 0. The number of hydrogen-bond acceptors (Lipinski definition) is 2. The Morgan fingerprint density at radius 3 is 2.31 bits per heavy atom. The molecular formula is C22H27NO2S. The van der Waals surface area contributed by atoms with Gasteiger partial charge in [-0.2, -0.15) is 0 Å². The zero-order valence-electron chi connectivity index (χ0n) is 16.2. The molecule has 4 heteroatoms. The molecule has 0 aliphatic heterocycles. The Labute approximate surface area is 157 Å². The van der Waals surface area contributed by atoms with Crippen LogP contribution in [0.3, 0.4) is 0 Å². The molecule has 0 spiro atoms. The molecule has 0 fully saturated rings. The standard InChI is InChI=1S/C22H27NO2S/c1-6-20-16(3)13-17-9-10-18(14-21(17)20)22(4,5)23-26(24,25)19-11-7-15(2)8-12-19/h7-12,14,23H,6,13H2,1-5H3. The van der Waals surface area contributed by atoms with Gasteiger partial charge in [0.1, 0.15) is 0 Å². The zero-order valence-corrected chi connectivity index (χ0v) is 17.0. The van der Waals surface area contributed by atoms with E-state index >= 15 is 0 Å². The molecule has 0 atom stereocenters. The van der Waals surface area contributed by atoms with Crippen molar-refractivity contribution in [1.82, 2.24) is 4.72 Å². The average molecular weight is 370 g/mol. The normalized spacial score (nSPS) is 14.7. The van der Waals surface area contributed by atoms with Crippen LogP contribution in [0.25, 0.3) is 5.57 Å². The van der Waals surface area contributed by atoms with E-state index in [-0.39, 0.29) is 0 Å². The van der Waals surface area contributed by atoms with Gasteiger partial charge < -0.3 is 0 Å². The summed E-state index contributed by atoms with van der Waals surface area (Å²) < 4.78 is 28.5. The number of allylic oxidation sites excluding steroid dienone is 2. The Bertz CT molecular complexity index is 968. The molecule has 1 aliphatic carbocycles. The van der Waals surface area contributed by atoms with Gasteiger partial charge in [0, 0.05) is 0 Å². The first kappa shape index (κ1) is 18.9. The van der Waals surface area contributed by atoms with Gasteiger partial charge in [0.05, 0.1) is 10.4 Å². The van der Waals surface area contributed by atoms with Crippen LogP contribution < -0.4 is 4.72 Å². The lowest BCUT2D eigenvalue weighted by atomic mass is 9.91. The SMILES string of the molecule is CCC1=C(C)Cc2ccc(C(C)(C)NS(=O)(=O)c3ccc(C)cc3)cc21. The molecule has 0 amide bonds. The molecule has 1 aliphatic rings. The van der Waals surface area contributed by atoms with Crippen LogP contribution in [0, 0.1) is 6.92 Å². The lowest BCUT2D eigenvalue weighted by Crippen LogP contribution is -2.41. The van der Waals surface area contributed by atoms with Crippen molar-refractivity contribution < 1.29 is 8.42 Å². The van der Waals surface area contributed by atoms with Crippen molar-refractivity contribution in [3.63, 3.8) is 0 Å². The Morgan fingerprint density at radius 2 is 1.69 bits per heavy atom. The summed E-state index contributed by atoms with van der Waals surface area (Å²) in [5.41, 5.74) is 6.72. The maximum Gasteiger partial charge on any atom is 0.241 e. The number of nitrogens with one attached hydrogen (secondary N) is 1. The first-order valence-corrected chi connectivity index (χ1v) is 10.6. The third-order valence-electron chi connectivity index (χ3n) is 5.20. The summed E-state index contributed by atoms with van der Waals surface area (Å²) in [6.45, 7) is 10.1. The number of benzene rings is 2. The van der Waals surface area contributed by atoms with E-state index in [1.54, 1.807) is 12.1 Å². The minimum Gasteiger partial charge on any atom is -0.207 e. The Kier molecular flexibility index (Phi) is 4.84. The molecular weight excluding hydrogens is 342 g/mol. The molecule has 0 aromatic heterocycles. The van der Waals surface area contributed by atoms with Crippen molar-refractivity contribution in [3.05, 3.63) is 70.3 Å². The third kappa shape index (κ3) is 3.49. The smallest absolute Gasteiger partial charge is 0.207 e. The maximum atomic E-state index is 12.8. The van der Waals surface area contributed by atoms with Crippen LogP contribution in [-0.4, -0.2) is 8.42 Å². The number of aryl methyl sites for hydroxylation is 1. The van der Waals surface area contributed by atoms with E-state index in [2.05, 4.69) is 30.7 Å². The molecule has 0 saturated carbocycles. The van der Waals surface area contributed by atoms with E-state index in [0.717, 1.165) is 24.0 Å². The minimum atomic E-state index is -3.59.